The van der Waals surface area contributed by atoms with Crippen molar-refractivity contribution in [3.8, 4) is 0 Å². The molecule has 1 aliphatic rings. The fraction of sp³-hybridized carbons (Fsp3) is 0.188. The van der Waals surface area contributed by atoms with E-state index in [1.54, 1.807) is 0 Å². The van der Waals surface area contributed by atoms with Gasteiger partial charge in [0.25, 0.3) is 0 Å². The lowest BCUT2D eigenvalue weighted by Crippen LogP contribution is -2.22. The van der Waals surface area contributed by atoms with Crippen LogP contribution in [0.3, 0.4) is 0 Å². The summed E-state index contributed by atoms with van der Waals surface area (Å²) in [4.78, 5) is 0. The van der Waals surface area contributed by atoms with Gasteiger partial charge in [0.05, 0.1) is 0 Å². The fourth-order valence-electron chi connectivity index (χ4n) is 2.36. The van der Waals surface area contributed by atoms with E-state index >= 15 is 0 Å². The highest BCUT2D eigenvalue weighted by molar-refractivity contribution is 5.78. The first-order valence-corrected chi connectivity index (χ1v) is 6.12. The van der Waals surface area contributed by atoms with Crippen LogP contribution in [0.4, 0.5) is 0 Å². The monoisotopic (exact) mass is 222 g/mol. The standard InChI is InChI=1S/C16H16N/c1-2-6-14(7-3-1)12-17-11-10-15-8-4-5-9-16(15)13-17/h1-9,13H,10-12H2/q+1. The lowest BCUT2D eigenvalue weighted by Gasteiger charge is -2.12. The Morgan fingerprint density at radius 1 is 0.882 bits per heavy atom. The van der Waals surface area contributed by atoms with Crippen molar-refractivity contribution in [2.24, 2.45) is 0 Å². The molecule has 1 nitrogen and oxygen atoms in total. The highest BCUT2D eigenvalue weighted by Crippen LogP contribution is 2.12. The van der Waals surface area contributed by atoms with Crippen LogP contribution < -0.4 is 0 Å². The zero-order valence-electron chi connectivity index (χ0n) is 9.84. The third kappa shape index (κ3) is 2.28. The Morgan fingerprint density at radius 2 is 1.65 bits per heavy atom. The molecule has 84 valence electrons. The maximum absolute atomic E-state index is 2.40. The van der Waals surface area contributed by atoms with Crippen LogP contribution in [-0.2, 0) is 13.0 Å². The summed E-state index contributed by atoms with van der Waals surface area (Å²) in [5.41, 5.74) is 4.22. The van der Waals surface area contributed by atoms with Crippen LogP contribution in [0.5, 0.6) is 0 Å². The summed E-state index contributed by atoms with van der Waals surface area (Å²) < 4.78 is 2.40. The van der Waals surface area contributed by atoms with Crippen molar-refractivity contribution in [3.05, 3.63) is 71.3 Å². The maximum atomic E-state index is 2.40. The zero-order valence-corrected chi connectivity index (χ0v) is 9.84. The Kier molecular flexibility index (Phi) is 2.74. The lowest BCUT2D eigenvalue weighted by molar-refractivity contribution is -0.540. The predicted octanol–water partition coefficient (Wildman–Crippen LogP) is 2.87. The Bertz CT molecular complexity index is 540. The zero-order chi connectivity index (χ0) is 11.5. The number of nitrogens with zero attached hydrogens (tertiary/aromatic N) is 1. The molecule has 3 rings (SSSR count). The molecular formula is C16H16N+. The third-order valence-corrected chi connectivity index (χ3v) is 3.27. The van der Waals surface area contributed by atoms with Gasteiger partial charge in [-0.1, -0.05) is 48.5 Å². The summed E-state index contributed by atoms with van der Waals surface area (Å²) in [7, 11) is 0. The van der Waals surface area contributed by atoms with E-state index in [0.717, 1.165) is 19.5 Å². The molecule has 0 saturated carbocycles. The maximum Gasteiger partial charge on any atom is 0.171 e. The molecule has 0 saturated heterocycles. The first kappa shape index (κ1) is 10.3. The normalized spacial score (nSPS) is 14.0. The molecule has 0 atom stereocenters. The van der Waals surface area contributed by atoms with Crippen molar-refractivity contribution in [2.45, 2.75) is 13.0 Å². The molecule has 1 aliphatic heterocycles. The van der Waals surface area contributed by atoms with Gasteiger partial charge in [0, 0.05) is 17.5 Å². The van der Waals surface area contributed by atoms with E-state index in [1.165, 1.54) is 16.7 Å². The van der Waals surface area contributed by atoms with Gasteiger partial charge in [-0.2, -0.15) is 0 Å². The number of rotatable bonds is 2. The molecule has 0 N–H and O–H groups in total. The number of fused-ring (bicyclic) bond motifs is 1. The van der Waals surface area contributed by atoms with E-state index in [1.807, 2.05) is 0 Å². The number of hydrogen-bond acceptors (Lipinski definition) is 0. The van der Waals surface area contributed by atoms with E-state index in [0.29, 0.717) is 0 Å². The van der Waals surface area contributed by atoms with Gasteiger partial charge in [0.1, 0.15) is 6.54 Å². The molecule has 0 fully saturated rings. The minimum atomic E-state index is 1.01. The van der Waals surface area contributed by atoms with Crippen LogP contribution in [0.25, 0.3) is 0 Å². The topological polar surface area (TPSA) is 3.01 Å². The van der Waals surface area contributed by atoms with Gasteiger partial charge in [0.15, 0.2) is 12.8 Å². The van der Waals surface area contributed by atoms with E-state index < -0.39 is 0 Å². The minimum Gasteiger partial charge on any atom is -0.231 e. The highest BCUT2D eigenvalue weighted by atomic mass is 15.0. The second kappa shape index (κ2) is 4.54. The Morgan fingerprint density at radius 3 is 2.53 bits per heavy atom. The van der Waals surface area contributed by atoms with E-state index in [-0.39, 0.29) is 0 Å². The van der Waals surface area contributed by atoms with Crippen LogP contribution >= 0.6 is 0 Å². The van der Waals surface area contributed by atoms with E-state index in [4.69, 9.17) is 0 Å². The molecule has 1 heterocycles. The van der Waals surface area contributed by atoms with Crippen molar-refractivity contribution in [2.75, 3.05) is 6.54 Å². The number of benzene rings is 2. The predicted molar refractivity (Wildman–Crippen MR) is 70.6 cm³/mol. The fourth-order valence-corrected chi connectivity index (χ4v) is 2.36. The van der Waals surface area contributed by atoms with Crippen LogP contribution in [0.2, 0.25) is 0 Å². The molecule has 0 aromatic heterocycles. The van der Waals surface area contributed by atoms with Crippen LogP contribution in [0, 0.1) is 0 Å². The molecule has 0 bridgehead atoms. The summed E-state index contributed by atoms with van der Waals surface area (Å²) in [5, 5.41) is 0. The van der Waals surface area contributed by atoms with Crippen LogP contribution in [0.15, 0.2) is 54.6 Å². The highest BCUT2D eigenvalue weighted by Gasteiger charge is 2.14. The van der Waals surface area contributed by atoms with Gasteiger partial charge >= 0.3 is 0 Å². The Balaban J connectivity index is 1.85. The quantitative estimate of drug-likeness (QED) is 0.687. The average molecular weight is 222 g/mol. The van der Waals surface area contributed by atoms with Crippen molar-refractivity contribution < 1.29 is 4.58 Å². The summed E-state index contributed by atoms with van der Waals surface area (Å²) in [6.45, 7) is 2.13. The van der Waals surface area contributed by atoms with Gasteiger partial charge in [0.2, 0.25) is 0 Å². The minimum absolute atomic E-state index is 1.01. The summed E-state index contributed by atoms with van der Waals surface area (Å²) in [6.07, 6.45) is 3.44. The Labute approximate surface area is 102 Å². The third-order valence-electron chi connectivity index (χ3n) is 3.27. The lowest BCUT2D eigenvalue weighted by atomic mass is 10.0. The van der Waals surface area contributed by atoms with Gasteiger partial charge in [-0.05, 0) is 11.6 Å². The van der Waals surface area contributed by atoms with Gasteiger partial charge < -0.3 is 0 Å². The summed E-state index contributed by atoms with van der Waals surface area (Å²) >= 11 is 0. The number of hydrogen-bond donors (Lipinski definition) is 0. The molecule has 0 unspecified atom stereocenters. The molecular weight excluding hydrogens is 206 g/mol. The first-order chi connectivity index (χ1) is 8.42. The molecule has 0 aliphatic carbocycles. The average Bonchev–Trinajstić information content (AvgIpc) is 2.40. The molecule has 17 heavy (non-hydrogen) atoms. The van der Waals surface area contributed by atoms with E-state index in [2.05, 4.69) is 65.4 Å². The molecule has 1 heteroatoms. The largest absolute Gasteiger partial charge is 0.231 e. The first-order valence-electron chi connectivity index (χ1n) is 6.12. The molecule has 2 aromatic carbocycles. The van der Waals surface area contributed by atoms with Crippen LogP contribution in [0.1, 0.15) is 16.7 Å². The Hall–Kier alpha value is -1.89. The van der Waals surface area contributed by atoms with Gasteiger partial charge in [-0.25, -0.2) is 4.58 Å². The van der Waals surface area contributed by atoms with Gasteiger partial charge in [-0.15, -0.1) is 0 Å². The SMILES string of the molecule is C1=[N+](Cc2ccccc2)CCc2ccccc21. The van der Waals surface area contributed by atoms with Crippen molar-refractivity contribution >= 4 is 6.21 Å². The second-order valence-corrected chi connectivity index (χ2v) is 4.53. The summed E-state index contributed by atoms with van der Waals surface area (Å²) in [6, 6.07) is 19.3. The van der Waals surface area contributed by atoms with Crippen LogP contribution in [-0.4, -0.2) is 17.3 Å². The molecule has 0 radical (unpaired) electrons. The summed E-state index contributed by atoms with van der Waals surface area (Å²) in [5.74, 6) is 0. The second-order valence-electron chi connectivity index (χ2n) is 4.53. The van der Waals surface area contributed by atoms with E-state index in [9.17, 15) is 0 Å². The van der Waals surface area contributed by atoms with Crippen molar-refractivity contribution in [1.29, 1.82) is 0 Å². The smallest absolute Gasteiger partial charge is 0.171 e. The van der Waals surface area contributed by atoms with Crippen molar-refractivity contribution in [1.82, 2.24) is 0 Å². The van der Waals surface area contributed by atoms with Crippen molar-refractivity contribution in [3.63, 3.8) is 0 Å². The molecule has 0 spiro atoms. The molecule has 2 aromatic rings. The molecule has 0 amide bonds. The van der Waals surface area contributed by atoms with Gasteiger partial charge in [-0.3, -0.25) is 0 Å².